The van der Waals surface area contributed by atoms with E-state index < -0.39 is 6.04 Å². The van der Waals surface area contributed by atoms with Gasteiger partial charge in [-0.2, -0.15) is 0 Å². The predicted molar refractivity (Wildman–Crippen MR) is 135 cm³/mol. The summed E-state index contributed by atoms with van der Waals surface area (Å²) in [4.78, 5) is 43.4. The summed E-state index contributed by atoms with van der Waals surface area (Å²) in [5.74, 6) is -0.183. The molecule has 0 saturated carbocycles. The van der Waals surface area contributed by atoms with Gasteiger partial charge in [0.25, 0.3) is 11.8 Å². The van der Waals surface area contributed by atoms with Crippen molar-refractivity contribution in [3.63, 3.8) is 0 Å². The van der Waals surface area contributed by atoms with Gasteiger partial charge in [-0.3, -0.25) is 14.4 Å². The van der Waals surface area contributed by atoms with Crippen molar-refractivity contribution in [3.8, 4) is 0 Å². The molecule has 5 rings (SSSR count). The molecule has 3 amide bonds. The number of carbonyl (C=O) groups excluding carboxylic acids is 3. The molecule has 0 bridgehead atoms. The lowest BCUT2D eigenvalue weighted by atomic mass is 10.0. The zero-order chi connectivity index (χ0) is 24.4. The van der Waals surface area contributed by atoms with Crippen LogP contribution in [0.25, 0.3) is 0 Å². The summed E-state index contributed by atoms with van der Waals surface area (Å²) in [6.45, 7) is 3.41. The molecule has 2 aliphatic rings. The van der Waals surface area contributed by atoms with Crippen LogP contribution in [-0.2, 0) is 11.3 Å². The maximum atomic E-state index is 13.6. The first-order valence-corrected chi connectivity index (χ1v) is 12.2. The minimum atomic E-state index is -0.456. The van der Waals surface area contributed by atoms with E-state index >= 15 is 0 Å². The molecule has 6 heteroatoms. The molecule has 1 fully saturated rings. The summed E-state index contributed by atoms with van der Waals surface area (Å²) >= 11 is 0. The molecule has 6 nitrogen and oxygen atoms in total. The van der Waals surface area contributed by atoms with Gasteiger partial charge in [-0.1, -0.05) is 67.6 Å². The number of benzene rings is 3. The fourth-order valence-electron chi connectivity index (χ4n) is 5.06. The van der Waals surface area contributed by atoms with Gasteiger partial charge >= 0.3 is 0 Å². The maximum Gasteiger partial charge on any atom is 0.256 e. The van der Waals surface area contributed by atoms with Crippen molar-refractivity contribution in [2.24, 2.45) is 0 Å². The second-order valence-electron chi connectivity index (χ2n) is 9.28. The van der Waals surface area contributed by atoms with E-state index in [1.54, 1.807) is 21.9 Å². The Morgan fingerprint density at radius 1 is 0.971 bits per heavy atom. The average molecular weight is 468 g/mol. The largest absolute Gasteiger partial charge is 0.351 e. The number of fused-ring (bicyclic) bond motifs is 2. The minimum absolute atomic E-state index is 0.0892. The van der Waals surface area contributed by atoms with Crippen LogP contribution in [0.3, 0.4) is 0 Å². The van der Waals surface area contributed by atoms with Crippen molar-refractivity contribution in [2.75, 3.05) is 18.0 Å². The van der Waals surface area contributed by atoms with Gasteiger partial charge in [0.1, 0.15) is 6.04 Å². The molecule has 0 spiro atoms. The lowest BCUT2D eigenvalue weighted by Crippen LogP contribution is -2.44. The lowest BCUT2D eigenvalue weighted by Gasteiger charge is -2.26. The SMILES string of the molecule is C[C@H](CNC(=O)c1ccccc1CN1C(=O)[C@@H]2CCCN2C(=O)c2ccccc21)c1ccccc1. The average Bonchev–Trinajstić information content (AvgIpc) is 3.38. The van der Waals surface area contributed by atoms with E-state index in [0.717, 1.165) is 12.0 Å². The number of nitrogens with zero attached hydrogens (tertiary/aromatic N) is 2. The molecule has 35 heavy (non-hydrogen) atoms. The topological polar surface area (TPSA) is 69.7 Å². The van der Waals surface area contributed by atoms with Crippen molar-refractivity contribution < 1.29 is 14.4 Å². The molecule has 0 aliphatic carbocycles. The molecule has 3 aromatic rings. The summed E-state index contributed by atoms with van der Waals surface area (Å²) in [5, 5.41) is 3.06. The normalized spacial score (nSPS) is 18.0. The van der Waals surface area contributed by atoms with Gasteiger partial charge in [-0.25, -0.2) is 0 Å². The number of hydrogen-bond acceptors (Lipinski definition) is 3. The van der Waals surface area contributed by atoms with Crippen LogP contribution in [0, 0.1) is 0 Å². The van der Waals surface area contributed by atoms with Gasteiger partial charge in [-0.15, -0.1) is 0 Å². The van der Waals surface area contributed by atoms with Crippen LogP contribution in [0.2, 0.25) is 0 Å². The number of amides is 3. The third kappa shape index (κ3) is 4.44. The number of anilines is 1. The zero-order valence-electron chi connectivity index (χ0n) is 19.8. The smallest absolute Gasteiger partial charge is 0.256 e. The summed E-state index contributed by atoms with van der Waals surface area (Å²) in [5.41, 5.74) is 3.59. The van der Waals surface area contributed by atoms with E-state index in [1.165, 1.54) is 5.56 Å². The molecule has 0 radical (unpaired) electrons. The van der Waals surface area contributed by atoms with E-state index in [9.17, 15) is 14.4 Å². The molecule has 1 N–H and O–H groups in total. The van der Waals surface area contributed by atoms with Gasteiger partial charge in [-0.05, 0) is 48.1 Å². The predicted octanol–water partition coefficient (Wildman–Crippen LogP) is 4.37. The van der Waals surface area contributed by atoms with E-state index in [4.69, 9.17) is 0 Å². The molecule has 2 atom stereocenters. The van der Waals surface area contributed by atoms with Gasteiger partial charge in [0.05, 0.1) is 17.8 Å². The number of para-hydroxylation sites is 1. The Labute approximate surface area is 205 Å². The second-order valence-corrected chi connectivity index (χ2v) is 9.28. The van der Waals surface area contributed by atoms with Crippen LogP contribution in [0.1, 0.15) is 57.5 Å². The van der Waals surface area contributed by atoms with Crippen LogP contribution < -0.4 is 10.2 Å². The quantitative estimate of drug-likeness (QED) is 0.585. The molecule has 0 aromatic heterocycles. The van der Waals surface area contributed by atoms with Crippen LogP contribution in [-0.4, -0.2) is 41.8 Å². The number of rotatable bonds is 6. The number of hydrogen-bond donors (Lipinski definition) is 1. The molecule has 2 heterocycles. The molecular weight excluding hydrogens is 438 g/mol. The van der Waals surface area contributed by atoms with Gasteiger partial charge in [0, 0.05) is 18.7 Å². The first-order chi connectivity index (χ1) is 17.0. The third-order valence-corrected chi connectivity index (χ3v) is 7.02. The number of nitrogens with one attached hydrogen (secondary N) is 1. The Morgan fingerprint density at radius 3 is 2.51 bits per heavy atom. The summed E-state index contributed by atoms with van der Waals surface area (Å²) < 4.78 is 0. The monoisotopic (exact) mass is 467 g/mol. The van der Waals surface area contributed by atoms with Crippen LogP contribution in [0.4, 0.5) is 5.69 Å². The van der Waals surface area contributed by atoms with E-state index in [2.05, 4.69) is 24.4 Å². The first kappa shape index (κ1) is 22.8. The Balaban J connectivity index is 1.40. The molecule has 2 aliphatic heterocycles. The van der Waals surface area contributed by atoms with E-state index in [1.807, 2.05) is 54.6 Å². The van der Waals surface area contributed by atoms with Crippen LogP contribution in [0.15, 0.2) is 78.9 Å². The highest BCUT2D eigenvalue weighted by molar-refractivity contribution is 6.11. The first-order valence-electron chi connectivity index (χ1n) is 12.2. The maximum absolute atomic E-state index is 13.6. The van der Waals surface area contributed by atoms with Crippen molar-refractivity contribution in [2.45, 2.75) is 38.3 Å². The van der Waals surface area contributed by atoms with E-state index in [0.29, 0.717) is 36.3 Å². The van der Waals surface area contributed by atoms with Crippen LogP contribution in [0.5, 0.6) is 0 Å². The summed E-state index contributed by atoms with van der Waals surface area (Å²) in [6.07, 6.45) is 1.48. The van der Waals surface area contributed by atoms with Crippen molar-refractivity contribution >= 4 is 23.4 Å². The van der Waals surface area contributed by atoms with E-state index in [-0.39, 0.29) is 30.2 Å². The van der Waals surface area contributed by atoms with Gasteiger partial charge in [0.2, 0.25) is 5.91 Å². The summed E-state index contributed by atoms with van der Waals surface area (Å²) in [7, 11) is 0. The highest BCUT2D eigenvalue weighted by Crippen LogP contribution is 2.33. The fraction of sp³-hybridized carbons (Fsp3) is 0.276. The highest BCUT2D eigenvalue weighted by atomic mass is 16.2. The summed E-state index contributed by atoms with van der Waals surface area (Å²) in [6, 6.07) is 24.3. The Bertz CT molecular complexity index is 1260. The minimum Gasteiger partial charge on any atom is -0.351 e. The molecule has 1 saturated heterocycles. The Morgan fingerprint density at radius 2 is 1.69 bits per heavy atom. The highest BCUT2D eigenvalue weighted by Gasteiger charge is 2.42. The number of carbonyl (C=O) groups is 3. The van der Waals surface area contributed by atoms with Crippen molar-refractivity contribution in [1.82, 2.24) is 10.2 Å². The molecule has 0 unspecified atom stereocenters. The standard InChI is InChI=1S/C29H29N3O3/c1-20(21-10-3-2-4-11-21)18-30-27(33)23-13-6-5-12-22(23)19-32-25-15-8-7-14-24(25)28(34)31-17-9-16-26(31)29(32)35/h2-8,10-15,20,26H,9,16-19H2,1H3,(H,30,33)/t20-,26+/m1/s1. The third-order valence-electron chi connectivity index (χ3n) is 7.02. The Kier molecular flexibility index (Phi) is 6.36. The second kappa shape index (κ2) is 9.74. The molecule has 3 aromatic carbocycles. The van der Waals surface area contributed by atoms with Gasteiger partial charge in [0.15, 0.2) is 0 Å². The fourth-order valence-corrected chi connectivity index (χ4v) is 5.06. The molecular formula is C29H29N3O3. The van der Waals surface area contributed by atoms with Crippen molar-refractivity contribution in [3.05, 3.63) is 101 Å². The zero-order valence-corrected chi connectivity index (χ0v) is 19.8. The Hall–Kier alpha value is -3.93. The van der Waals surface area contributed by atoms with Crippen molar-refractivity contribution in [1.29, 1.82) is 0 Å². The van der Waals surface area contributed by atoms with Crippen LogP contribution >= 0.6 is 0 Å². The molecule has 178 valence electrons. The van der Waals surface area contributed by atoms with Gasteiger partial charge < -0.3 is 15.1 Å². The lowest BCUT2D eigenvalue weighted by molar-refractivity contribution is -0.122.